The summed E-state index contributed by atoms with van der Waals surface area (Å²) in [5.41, 5.74) is 2.06. The molecule has 6 heteroatoms. The number of benzene rings is 3. The van der Waals surface area contributed by atoms with Gasteiger partial charge >= 0.3 is 6.03 Å². The van der Waals surface area contributed by atoms with Gasteiger partial charge in [0.25, 0.3) is 5.91 Å². The average Bonchev–Trinajstić information content (AvgIpc) is 2.74. The zero-order chi connectivity index (χ0) is 21.0. The lowest BCUT2D eigenvalue weighted by Crippen LogP contribution is -2.68. The van der Waals surface area contributed by atoms with Crippen molar-refractivity contribution in [2.24, 2.45) is 5.41 Å². The van der Waals surface area contributed by atoms with Crippen molar-refractivity contribution in [3.8, 4) is 0 Å². The first-order valence-electron chi connectivity index (χ1n) is 9.89. The number of imide groups is 2. The highest BCUT2D eigenvalue weighted by atomic mass is 16.2. The maximum Gasteiger partial charge on any atom is 0.335 e. The van der Waals surface area contributed by atoms with E-state index in [1.165, 1.54) is 0 Å². The summed E-state index contributed by atoms with van der Waals surface area (Å²) in [5, 5.41) is 4.50. The molecule has 0 aromatic heterocycles. The van der Waals surface area contributed by atoms with Gasteiger partial charge in [-0.25, -0.2) is 9.69 Å². The van der Waals surface area contributed by atoms with E-state index in [4.69, 9.17) is 0 Å². The number of carbonyl (C=O) groups is 3. The molecule has 2 aliphatic heterocycles. The summed E-state index contributed by atoms with van der Waals surface area (Å²) in [6, 6.07) is 18.5. The van der Waals surface area contributed by atoms with E-state index in [1.54, 1.807) is 12.1 Å². The Morgan fingerprint density at radius 3 is 2.43 bits per heavy atom. The standard InChI is InChI=1S/C24H21N3O3/c1-15-7-10-17(11-8-15)27-22(29)24(21(28)25-23(27)30)13-19-18-6-4-3-5-16(18)9-12-20(19)26(2)14-24/h3-12H,13-14H2,1-2H3,(H,25,28,30)/t24-/m0/s1. The van der Waals surface area contributed by atoms with Crippen LogP contribution in [0.4, 0.5) is 16.2 Å². The minimum Gasteiger partial charge on any atom is -0.373 e. The zero-order valence-electron chi connectivity index (χ0n) is 16.8. The number of urea groups is 1. The summed E-state index contributed by atoms with van der Waals surface area (Å²) in [4.78, 5) is 42.5. The number of rotatable bonds is 1. The molecule has 1 fully saturated rings. The molecule has 0 bridgehead atoms. The highest BCUT2D eigenvalue weighted by Crippen LogP contribution is 2.42. The lowest BCUT2D eigenvalue weighted by molar-refractivity contribution is -0.142. The second kappa shape index (κ2) is 6.42. The molecule has 3 aromatic rings. The second-order valence-electron chi connectivity index (χ2n) is 8.13. The Labute approximate surface area is 174 Å². The predicted octanol–water partition coefficient (Wildman–Crippen LogP) is 3.41. The third kappa shape index (κ3) is 2.53. The molecule has 150 valence electrons. The predicted molar refractivity (Wildman–Crippen MR) is 116 cm³/mol. The number of hydrogen-bond acceptors (Lipinski definition) is 4. The van der Waals surface area contributed by atoms with E-state index in [-0.39, 0.29) is 13.0 Å². The fraction of sp³-hybridized carbons (Fsp3) is 0.208. The molecule has 2 heterocycles. The number of nitrogens with one attached hydrogen (secondary N) is 1. The number of carbonyl (C=O) groups excluding carboxylic acids is 3. The van der Waals surface area contributed by atoms with Gasteiger partial charge in [-0.1, -0.05) is 48.0 Å². The van der Waals surface area contributed by atoms with Gasteiger partial charge < -0.3 is 4.90 Å². The molecule has 2 aliphatic rings. The Morgan fingerprint density at radius 2 is 1.67 bits per heavy atom. The Bertz CT molecular complexity index is 1220. The van der Waals surface area contributed by atoms with Crippen LogP contribution in [0.15, 0.2) is 60.7 Å². The highest BCUT2D eigenvalue weighted by molar-refractivity contribution is 6.30. The number of barbiturate groups is 1. The Balaban J connectivity index is 1.65. The SMILES string of the molecule is Cc1ccc(N2C(=O)NC(=O)[C@@]3(Cc4c(ccc5ccccc45)N(C)C3)C2=O)cc1. The van der Waals surface area contributed by atoms with Crippen molar-refractivity contribution in [1.29, 1.82) is 0 Å². The van der Waals surface area contributed by atoms with Crippen molar-refractivity contribution in [2.45, 2.75) is 13.3 Å². The lowest BCUT2D eigenvalue weighted by atomic mass is 9.73. The summed E-state index contributed by atoms with van der Waals surface area (Å²) >= 11 is 0. The van der Waals surface area contributed by atoms with Crippen molar-refractivity contribution < 1.29 is 14.4 Å². The number of fused-ring (bicyclic) bond motifs is 3. The van der Waals surface area contributed by atoms with Crippen LogP contribution in [-0.4, -0.2) is 31.4 Å². The molecule has 0 radical (unpaired) electrons. The molecular weight excluding hydrogens is 378 g/mol. The van der Waals surface area contributed by atoms with Crippen molar-refractivity contribution in [3.63, 3.8) is 0 Å². The molecule has 5 rings (SSSR count). The van der Waals surface area contributed by atoms with Gasteiger partial charge in [-0.15, -0.1) is 0 Å². The van der Waals surface area contributed by atoms with Crippen LogP contribution in [0.5, 0.6) is 0 Å². The lowest BCUT2D eigenvalue weighted by Gasteiger charge is -2.45. The molecule has 0 unspecified atom stereocenters. The fourth-order valence-electron chi connectivity index (χ4n) is 4.62. The molecule has 1 atom stereocenters. The Kier molecular flexibility index (Phi) is 3.93. The van der Waals surface area contributed by atoms with E-state index < -0.39 is 23.3 Å². The molecule has 1 spiro atoms. The van der Waals surface area contributed by atoms with Crippen LogP contribution in [0, 0.1) is 12.3 Å². The summed E-state index contributed by atoms with van der Waals surface area (Å²) in [7, 11) is 1.88. The Hall–Kier alpha value is -3.67. The highest BCUT2D eigenvalue weighted by Gasteiger charge is 2.56. The van der Waals surface area contributed by atoms with E-state index in [1.807, 2.05) is 67.4 Å². The number of aryl methyl sites for hydroxylation is 1. The summed E-state index contributed by atoms with van der Waals surface area (Å²) < 4.78 is 0. The number of nitrogens with zero attached hydrogens (tertiary/aromatic N) is 2. The molecular formula is C24H21N3O3. The van der Waals surface area contributed by atoms with Gasteiger partial charge in [0, 0.05) is 25.7 Å². The minimum atomic E-state index is -1.37. The average molecular weight is 399 g/mol. The number of anilines is 2. The number of amides is 4. The van der Waals surface area contributed by atoms with E-state index in [2.05, 4.69) is 5.32 Å². The van der Waals surface area contributed by atoms with E-state index >= 15 is 0 Å². The number of hydrogen-bond donors (Lipinski definition) is 1. The normalized spacial score (nSPS) is 21.2. The van der Waals surface area contributed by atoms with Crippen LogP contribution in [0.25, 0.3) is 10.8 Å². The molecule has 0 saturated carbocycles. The van der Waals surface area contributed by atoms with Crippen LogP contribution >= 0.6 is 0 Å². The van der Waals surface area contributed by atoms with Crippen molar-refractivity contribution >= 4 is 40.0 Å². The molecule has 1 saturated heterocycles. The van der Waals surface area contributed by atoms with Gasteiger partial charge in [-0.3, -0.25) is 14.9 Å². The van der Waals surface area contributed by atoms with E-state index in [9.17, 15) is 14.4 Å². The smallest absolute Gasteiger partial charge is 0.335 e. The molecule has 30 heavy (non-hydrogen) atoms. The van der Waals surface area contributed by atoms with Gasteiger partial charge in [0.15, 0.2) is 5.41 Å². The molecule has 4 amide bonds. The monoisotopic (exact) mass is 399 g/mol. The van der Waals surface area contributed by atoms with E-state index in [0.29, 0.717) is 5.69 Å². The van der Waals surface area contributed by atoms with Gasteiger partial charge in [0.1, 0.15) is 0 Å². The molecule has 3 aromatic carbocycles. The largest absolute Gasteiger partial charge is 0.373 e. The third-order valence-electron chi connectivity index (χ3n) is 6.18. The maximum absolute atomic E-state index is 13.7. The van der Waals surface area contributed by atoms with Gasteiger partial charge in [-0.05, 0) is 41.5 Å². The Morgan fingerprint density at radius 1 is 0.933 bits per heavy atom. The zero-order valence-corrected chi connectivity index (χ0v) is 16.8. The summed E-state index contributed by atoms with van der Waals surface area (Å²) in [6.07, 6.45) is 0.244. The maximum atomic E-state index is 13.7. The van der Waals surface area contributed by atoms with Crippen LogP contribution in [-0.2, 0) is 16.0 Å². The third-order valence-corrected chi connectivity index (χ3v) is 6.18. The summed E-state index contributed by atoms with van der Waals surface area (Å²) in [5.74, 6) is -1.02. The molecule has 1 N–H and O–H groups in total. The van der Waals surface area contributed by atoms with Crippen LogP contribution in [0.3, 0.4) is 0 Å². The topological polar surface area (TPSA) is 69.7 Å². The second-order valence-corrected chi connectivity index (χ2v) is 8.13. The quantitative estimate of drug-likeness (QED) is 0.637. The van der Waals surface area contributed by atoms with Crippen molar-refractivity contribution in [2.75, 3.05) is 23.4 Å². The van der Waals surface area contributed by atoms with Crippen molar-refractivity contribution in [3.05, 3.63) is 71.8 Å². The van der Waals surface area contributed by atoms with Gasteiger partial charge in [0.2, 0.25) is 5.91 Å². The molecule has 6 nitrogen and oxygen atoms in total. The van der Waals surface area contributed by atoms with Gasteiger partial charge in [-0.2, -0.15) is 0 Å². The fourth-order valence-corrected chi connectivity index (χ4v) is 4.62. The minimum absolute atomic E-state index is 0.207. The first kappa shape index (κ1) is 18.4. The molecule has 0 aliphatic carbocycles. The first-order valence-corrected chi connectivity index (χ1v) is 9.89. The van der Waals surface area contributed by atoms with Crippen LogP contribution in [0.1, 0.15) is 11.1 Å². The van der Waals surface area contributed by atoms with Crippen LogP contribution in [0.2, 0.25) is 0 Å². The van der Waals surface area contributed by atoms with Crippen LogP contribution < -0.4 is 15.1 Å². The van der Waals surface area contributed by atoms with Gasteiger partial charge in [0.05, 0.1) is 5.69 Å². The first-order chi connectivity index (χ1) is 14.4. The van der Waals surface area contributed by atoms with Crippen molar-refractivity contribution in [1.82, 2.24) is 5.32 Å². The van der Waals surface area contributed by atoms with E-state index in [0.717, 1.165) is 32.5 Å². The summed E-state index contributed by atoms with van der Waals surface area (Å²) in [6.45, 7) is 2.14.